The highest BCUT2D eigenvalue weighted by molar-refractivity contribution is 6.33. The Bertz CT molecular complexity index is 3620. The van der Waals surface area contributed by atoms with Gasteiger partial charge in [0.05, 0.1) is 38.6 Å². The van der Waals surface area contributed by atoms with Crippen LogP contribution in [0.4, 0.5) is 0 Å². The van der Waals surface area contributed by atoms with Crippen LogP contribution in [-0.2, 0) is 5.41 Å². The van der Waals surface area contributed by atoms with Crippen molar-refractivity contribution in [2.24, 2.45) is 0 Å². The number of rotatable bonds is 2. The highest BCUT2D eigenvalue weighted by Gasteiger charge is 2.39. The van der Waals surface area contributed by atoms with E-state index >= 15 is 0 Å². The third-order valence-corrected chi connectivity index (χ3v) is 12.6. The van der Waals surface area contributed by atoms with E-state index in [9.17, 15) is 0 Å². The van der Waals surface area contributed by atoms with Crippen molar-refractivity contribution in [3.8, 4) is 28.2 Å². The Morgan fingerprint density at radius 3 is 2.07 bits per heavy atom. The average Bonchev–Trinajstić information content (AvgIpc) is 3.79. The fraction of sp³-hybridized carbons (Fsp3) is 0.0588. The molecule has 4 heterocycles. The number of para-hydroxylation sites is 2. The van der Waals surface area contributed by atoms with Gasteiger partial charge >= 0.3 is 0 Å². The molecule has 4 nitrogen and oxygen atoms in total. The molecule has 0 amide bonds. The van der Waals surface area contributed by atoms with E-state index in [1.54, 1.807) is 0 Å². The van der Waals surface area contributed by atoms with Gasteiger partial charge in [-0.3, -0.25) is 4.57 Å². The normalized spacial score (nSPS) is 13.8. The largest absolute Gasteiger partial charge is 0.307 e. The van der Waals surface area contributed by atoms with Crippen LogP contribution in [0, 0.1) is 0 Å². The average molecular weight is 701 g/mol. The maximum absolute atomic E-state index is 5.71. The van der Waals surface area contributed by atoms with Crippen LogP contribution in [0.3, 0.4) is 0 Å². The maximum Gasteiger partial charge on any atom is 0.165 e. The van der Waals surface area contributed by atoms with Crippen LogP contribution >= 0.6 is 0 Å². The van der Waals surface area contributed by atoms with E-state index in [-0.39, 0.29) is 5.41 Å². The van der Waals surface area contributed by atoms with Crippen molar-refractivity contribution in [2.45, 2.75) is 19.3 Å². The van der Waals surface area contributed by atoms with E-state index in [1.807, 2.05) is 0 Å². The van der Waals surface area contributed by atoms with Gasteiger partial charge in [0, 0.05) is 48.9 Å². The van der Waals surface area contributed by atoms with E-state index < -0.39 is 0 Å². The minimum atomic E-state index is -0.234. The van der Waals surface area contributed by atoms with Crippen molar-refractivity contribution in [3.63, 3.8) is 0 Å². The maximum atomic E-state index is 5.71. The quantitative estimate of drug-likeness (QED) is 0.168. The van der Waals surface area contributed by atoms with Crippen molar-refractivity contribution in [2.75, 3.05) is 0 Å². The molecule has 0 unspecified atom stereocenters. The van der Waals surface area contributed by atoms with E-state index in [0.717, 1.165) is 49.9 Å². The molecule has 1 aliphatic rings. The van der Waals surface area contributed by atoms with Gasteiger partial charge in [0.1, 0.15) is 5.69 Å². The van der Waals surface area contributed by atoms with Gasteiger partial charge in [-0.1, -0.05) is 147 Å². The standard InChI is InChI=1S/C51H32N4/c1-51(2)37-23-10-8-19-36(37)43-38(51)28-42-45-44-33(35-22-12-21-34-32-18-9-11-24-40(32)55(48(34)35)49(43)45)20-13-25-41(44)54(42)50-46(30-15-4-3-5-16-30)52-39-27-26-29-14-6-7-17-31(29)47(39)53-50/h3-28H,1-2H3. The van der Waals surface area contributed by atoms with Crippen LogP contribution in [-0.4, -0.2) is 18.9 Å². The molecule has 55 heavy (non-hydrogen) atoms. The first kappa shape index (κ1) is 29.4. The molecule has 0 fully saturated rings. The van der Waals surface area contributed by atoms with E-state index in [2.05, 4.69) is 181 Å². The number of hydrogen-bond acceptors (Lipinski definition) is 2. The molecule has 4 aromatic heterocycles. The van der Waals surface area contributed by atoms with Crippen molar-refractivity contribution in [3.05, 3.63) is 169 Å². The number of nitrogens with zero attached hydrogens (tertiary/aromatic N) is 4. The smallest absolute Gasteiger partial charge is 0.165 e. The molecule has 0 N–H and O–H groups in total. The molecule has 12 aromatic rings. The molecule has 1 aliphatic carbocycles. The Balaban J connectivity index is 1.34. The predicted octanol–water partition coefficient (Wildman–Crippen LogP) is 13.0. The molecule has 256 valence electrons. The van der Waals surface area contributed by atoms with E-state index in [4.69, 9.17) is 9.97 Å². The second-order valence-corrected chi connectivity index (χ2v) is 15.7. The summed E-state index contributed by atoms with van der Waals surface area (Å²) in [6, 6.07) is 57.5. The highest BCUT2D eigenvalue weighted by Crippen LogP contribution is 2.55. The molecule has 4 heteroatoms. The summed E-state index contributed by atoms with van der Waals surface area (Å²) in [5.41, 5.74) is 14.8. The summed E-state index contributed by atoms with van der Waals surface area (Å²) >= 11 is 0. The molecule has 0 aliphatic heterocycles. The molecule has 0 radical (unpaired) electrons. The fourth-order valence-electron chi connectivity index (χ4n) is 10.2. The summed E-state index contributed by atoms with van der Waals surface area (Å²) in [5.74, 6) is 0.836. The lowest BCUT2D eigenvalue weighted by atomic mass is 9.82. The zero-order chi connectivity index (χ0) is 36.2. The summed E-state index contributed by atoms with van der Waals surface area (Å²) < 4.78 is 5.03. The molecule has 0 saturated carbocycles. The molecular formula is C51H32N4. The van der Waals surface area contributed by atoms with Gasteiger partial charge in [-0.25, -0.2) is 9.97 Å². The predicted molar refractivity (Wildman–Crippen MR) is 229 cm³/mol. The highest BCUT2D eigenvalue weighted by atomic mass is 15.1. The summed E-state index contributed by atoms with van der Waals surface area (Å²) in [6.45, 7) is 4.78. The Morgan fingerprint density at radius 2 is 1.18 bits per heavy atom. The first-order valence-electron chi connectivity index (χ1n) is 19.1. The summed E-state index contributed by atoms with van der Waals surface area (Å²) in [6.07, 6.45) is 0. The Hall–Kier alpha value is -7.04. The van der Waals surface area contributed by atoms with Gasteiger partial charge in [-0.05, 0) is 51.7 Å². The lowest BCUT2D eigenvalue weighted by Gasteiger charge is -2.22. The third-order valence-electron chi connectivity index (χ3n) is 12.6. The second-order valence-electron chi connectivity index (χ2n) is 15.7. The minimum Gasteiger partial charge on any atom is -0.307 e. The second kappa shape index (κ2) is 10.1. The zero-order valence-corrected chi connectivity index (χ0v) is 30.3. The zero-order valence-electron chi connectivity index (χ0n) is 30.3. The van der Waals surface area contributed by atoms with Crippen LogP contribution in [0.15, 0.2) is 158 Å². The van der Waals surface area contributed by atoms with E-state index in [0.29, 0.717) is 0 Å². The lowest BCUT2D eigenvalue weighted by Crippen LogP contribution is -2.15. The first-order valence-corrected chi connectivity index (χ1v) is 19.1. The van der Waals surface area contributed by atoms with Gasteiger partial charge in [-0.2, -0.15) is 0 Å². The Labute approximate surface area is 315 Å². The van der Waals surface area contributed by atoms with Crippen LogP contribution in [0.2, 0.25) is 0 Å². The van der Waals surface area contributed by atoms with Crippen molar-refractivity contribution < 1.29 is 0 Å². The Morgan fingerprint density at radius 1 is 0.491 bits per heavy atom. The molecule has 0 bridgehead atoms. The molecule has 0 spiro atoms. The fourth-order valence-corrected chi connectivity index (χ4v) is 10.2. The van der Waals surface area contributed by atoms with Crippen molar-refractivity contribution >= 4 is 81.7 Å². The molecule has 8 aromatic carbocycles. The monoisotopic (exact) mass is 700 g/mol. The Kier molecular flexibility index (Phi) is 5.42. The first-order chi connectivity index (χ1) is 27.1. The van der Waals surface area contributed by atoms with E-state index in [1.165, 1.54) is 71.1 Å². The van der Waals surface area contributed by atoms with Crippen LogP contribution in [0.25, 0.3) is 110 Å². The molecule has 0 saturated heterocycles. The summed E-state index contributed by atoms with van der Waals surface area (Å²) in [4.78, 5) is 11.2. The van der Waals surface area contributed by atoms with Crippen LogP contribution in [0.5, 0.6) is 0 Å². The summed E-state index contributed by atoms with van der Waals surface area (Å²) in [5, 5.41) is 9.77. The van der Waals surface area contributed by atoms with Crippen LogP contribution < -0.4 is 0 Å². The van der Waals surface area contributed by atoms with Crippen LogP contribution in [0.1, 0.15) is 25.0 Å². The number of fused-ring (bicyclic) bond motifs is 12. The molecular weight excluding hydrogens is 669 g/mol. The molecule has 0 atom stereocenters. The van der Waals surface area contributed by atoms with Gasteiger partial charge in [0.15, 0.2) is 5.82 Å². The third kappa shape index (κ3) is 3.57. The number of aromatic nitrogens is 4. The van der Waals surface area contributed by atoms with Gasteiger partial charge in [0.2, 0.25) is 0 Å². The minimum absolute atomic E-state index is 0.234. The van der Waals surface area contributed by atoms with Gasteiger partial charge < -0.3 is 4.40 Å². The number of benzene rings is 8. The summed E-state index contributed by atoms with van der Waals surface area (Å²) in [7, 11) is 0. The lowest BCUT2D eigenvalue weighted by molar-refractivity contribution is 0.661. The number of hydrogen-bond donors (Lipinski definition) is 0. The SMILES string of the molecule is CC1(C)c2ccccc2-c2c1cc1c3c4c(cccc4n1-c1nc4c(ccc5ccccc54)nc1-c1ccccc1)c1cccc4c5ccccc5n(c23)c14. The van der Waals surface area contributed by atoms with Crippen molar-refractivity contribution in [1.29, 1.82) is 0 Å². The molecule has 13 rings (SSSR count). The van der Waals surface area contributed by atoms with Gasteiger partial charge in [-0.15, -0.1) is 0 Å². The van der Waals surface area contributed by atoms with Crippen molar-refractivity contribution in [1.82, 2.24) is 18.9 Å². The topological polar surface area (TPSA) is 35.1 Å². The van der Waals surface area contributed by atoms with Gasteiger partial charge in [0.25, 0.3) is 0 Å².